The summed E-state index contributed by atoms with van der Waals surface area (Å²) in [6, 6.07) is 20.1. The number of carbonyl (C=O) groups excluding carboxylic acids is 1. The van der Waals surface area contributed by atoms with E-state index in [9.17, 15) is 9.90 Å². The number of aromatic hydroxyl groups is 1. The molecule has 1 heterocycles. The first kappa shape index (κ1) is 20.5. The molecule has 0 aliphatic rings. The van der Waals surface area contributed by atoms with Crippen LogP contribution in [0.25, 0.3) is 11.0 Å². The van der Waals surface area contributed by atoms with Gasteiger partial charge in [0.1, 0.15) is 0 Å². The maximum absolute atomic E-state index is 12.3. The molecule has 31 heavy (non-hydrogen) atoms. The molecule has 0 unspecified atom stereocenters. The van der Waals surface area contributed by atoms with E-state index in [-0.39, 0.29) is 11.7 Å². The molecule has 0 fully saturated rings. The van der Waals surface area contributed by atoms with Crippen LogP contribution >= 0.6 is 11.8 Å². The Bertz CT molecular complexity index is 1200. The van der Waals surface area contributed by atoms with E-state index in [2.05, 4.69) is 20.5 Å². The smallest absolute Gasteiger partial charge is 0.271 e. The topological polar surface area (TPSA) is 99.6 Å². The zero-order chi connectivity index (χ0) is 21.6. The van der Waals surface area contributed by atoms with Gasteiger partial charge in [0.25, 0.3) is 5.91 Å². The largest absolute Gasteiger partial charge is 0.504 e. The summed E-state index contributed by atoms with van der Waals surface area (Å²) in [5.74, 6) is 0.806. The molecule has 156 valence electrons. The van der Waals surface area contributed by atoms with Crippen LogP contribution in [-0.4, -0.2) is 34.3 Å². The SMILES string of the molecule is COc1ccc(C=NNC(=O)c2ccc(CSc3nc4ccccc4[nH]3)cc2)cc1O. The van der Waals surface area contributed by atoms with Gasteiger partial charge in [-0.3, -0.25) is 4.79 Å². The van der Waals surface area contributed by atoms with E-state index in [0.717, 1.165) is 27.5 Å². The molecule has 0 bridgehead atoms. The minimum absolute atomic E-state index is 0.00822. The Hall–Kier alpha value is -3.78. The lowest BCUT2D eigenvalue weighted by molar-refractivity contribution is 0.0955. The van der Waals surface area contributed by atoms with Crippen molar-refractivity contribution in [3.63, 3.8) is 0 Å². The maximum atomic E-state index is 12.3. The second-order valence-corrected chi connectivity index (χ2v) is 7.64. The second-order valence-electron chi connectivity index (χ2n) is 6.68. The fourth-order valence-corrected chi connectivity index (χ4v) is 3.76. The number of phenols is 1. The van der Waals surface area contributed by atoms with Gasteiger partial charge in [0.05, 0.1) is 24.4 Å². The summed E-state index contributed by atoms with van der Waals surface area (Å²) >= 11 is 1.61. The molecule has 0 atom stereocenters. The lowest BCUT2D eigenvalue weighted by Gasteiger charge is -2.04. The molecular weight excluding hydrogens is 412 g/mol. The molecule has 0 saturated heterocycles. The normalized spacial score (nSPS) is 11.1. The summed E-state index contributed by atoms with van der Waals surface area (Å²) in [7, 11) is 1.48. The number of H-pyrrole nitrogens is 1. The number of fused-ring (bicyclic) bond motifs is 1. The Morgan fingerprint density at radius 3 is 2.74 bits per heavy atom. The van der Waals surface area contributed by atoms with Crippen molar-refractivity contribution in [3.8, 4) is 11.5 Å². The number of nitrogens with one attached hydrogen (secondary N) is 2. The summed E-state index contributed by atoms with van der Waals surface area (Å²) in [5, 5.41) is 14.6. The van der Waals surface area contributed by atoms with Crippen LogP contribution in [0.2, 0.25) is 0 Å². The average Bonchev–Trinajstić information content (AvgIpc) is 3.21. The third-order valence-electron chi connectivity index (χ3n) is 4.54. The Labute approximate surface area is 183 Å². The molecule has 3 N–H and O–H groups in total. The minimum atomic E-state index is -0.314. The average molecular weight is 433 g/mol. The van der Waals surface area contributed by atoms with Gasteiger partial charge >= 0.3 is 0 Å². The van der Waals surface area contributed by atoms with Gasteiger partial charge in [-0.05, 0) is 53.6 Å². The molecular formula is C23H20N4O3S. The molecule has 1 aromatic heterocycles. The van der Waals surface area contributed by atoms with Crippen LogP contribution in [0.1, 0.15) is 21.5 Å². The number of rotatable bonds is 7. The number of methoxy groups -OCH3 is 1. The summed E-state index contributed by atoms with van der Waals surface area (Å²) in [6.45, 7) is 0. The van der Waals surface area contributed by atoms with Crippen LogP contribution < -0.4 is 10.2 Å². The van der Waals surface area contributed by atoms with Crippen LogP contribution in [-0.2, 0) is 5.75 Å². The lowest BCUT2D eigenvalue weighted by Crippen LogP contribution is -2.17. The number of imidazole rings is 1. The number of thioether (sulfide) groups is 1. The van der Waals surface area contributed by atoms with Crippen molar-refractivity contribution >= 4 is 34.9 Å². The van der Waals surface area contributed by atoms with Gasteiger partial charge < -0.3 is 14.8 Å². The van der Waals surface area contributed by atoms with Crippen LogP contribution in [0.5, 0.6) is 11.5 Å². The first-order valence-electron chi connectivity index (χ1n) is 9.49. The Morgan fingerprint density at radius 1 is 1.19 bits per heavy atom. The molecule has 0 aliphatic carbocycles. The molecule has 7 nitrogen and oxygen atoms in total. The first-order chi connectivity index (χ1) is 15.1. The molecule has 1 amide bonds. The molecule has 3 aromatic carbocycles. The summed E-state index contributed by atoms with van der Waals surface area (Å²) in [5.41, 5.74) is 6.67. The van der Waals surface area contributed by atoms with Crippen molar-refractivity contribution in [1.29, 1.82) is 0 Å². The van der Waals surface area contributed by atoms with E-state index >= 15 is 0 Å². The fraction of sp³-hybridized carbons (Fsp3) is 0.0870. The number of amides is 1. The molecule has 4 rings (SSSR count). The molecule has 8 heteroatoms. The van der Waals surface area contributed by atoms with Crippen molar-refractivity contribution in [3.05, 3.63) is 83.4 Å². The first-order valence-corrected chi connectivity index (χ1v) is 10.5. The van der Waals surface area contributed by atoms with Crippen molar-refractivity contribution in [2.45, 2.75) is 10.9 Å². The number of aromatic nitrogens is 2. The molecule has 0 aliphatic heterocycles. The minimum Gasteiger partial charge on any atom is -0.504 e. The van der Waals surface area contributed by atoms with Gasteiger partial charge in [0.2, 0.25) is 0 Å². The molecule has 0 radical (unpaired) electrons. The van der Waals surface area contributed by atoms with Crippen molar-refractivity contribution in [2.24, 2.45) is 5.10 Å². The number of nitrogens with zero attached hydrogens (tertiary/aromatic N) is 2. The van der Waals surface area contributed by atoms with Crippen molar-refractivity contribution < 1.29 is 14.6 Å². The van der Waals surface area contributed by atoms with E-state index in [0.29, 0.717) is 16.9 Å². The monoisotopic (exact) mass is 432 g/mol. The van der Waals surface area contributed by atoms with E-state index in [1.807, 2.05) is 36.4 Å². The number of phenolic OH excluding ortho intramolecular Hbond substituents is 1. The second kappa shape index (κ2) is 9.36. The number of aromatic amines is 1. The highest BCUT2D eigenvalue weighted by molar-refractivity contribution is 7.98. The van der Waals surface area contributed by atoms with Crippen LogP contribution in [0.4, 0.5) is 0 Å². The zero-order valence-corrected chi connectivity index (χ0v) is 17.5. The van der Waals surface area contributed by atoms with Gasteiger partial charge in [-0.15, -0.1) is 0 Å². The van der Waals surface area contributed by atoms with Gasteiger partial charge in [-0.1, -0.05) is 36.0 Å². The van der Waals surface area contributed by atoms with Crippen LogP contribution in [0.15, 0.2) is 77.0 Å². The Morgan fingerprint density at radius 2 is 2.00 bits per heavy atom. The number of para-hydroxylation sites is 2. The highest BCUT2D eigenvalue weighted by Gasteiger charge is 2.07. The van der Waals surface area contributed by atoms with E-state index < -0.39 is 0 Å². The highest BCUT2D eigenvalue weighted by Crippen LogP contribution is 2.25. The summed E-state index contributed by atoms with van der Waals surface area (Å²) in [6.07, 6.45) is 1.45. The predicted octanol–water partition coefficient (Wildman–Crippen LogP) is 4.33. The number of hydrogen-bond acceptors (Lipinski definition) is 6. The van der Waals surface area contributed by atoms with E-state index in [1.165, 1.54) is 19.4 Å². The van der Waals surface area contributed by atoms with E-state index in [4.69, 9.17) is 4.74 Å². The Balaban J connectivity index is 1.31. The van der Waals surface area contributed by atoms with E-state index in [1.54, 1.807) is 36.0 Å². The van der Waals surface area contributed by atoms with Gasteiger partial charge in [0, 0.05) is 11.3 Å². The third-order valence-corrected chi connectivity index (χ3v) is 5.49. The molecule has 4 aromatic rings. The molecule has 0 spiro atoms. The van der Waals surface area contributed by atoms with Gasteiger partial charge in [0.15, 0.2) is 16.7 Å². The lowest BCUT2D eigenvalue weighted by atomic mass is 10.1. The van der Waals surface area contributed by atoms with Crippen molar-refractivity contribution in [2.75, 3.05) is 7.11 Å². The Kier molecular flexibility index (Phi) is 6.18. The number of carbonyl (C=O) groups is 1. The summed E-state index contributed by atoms with van der Waals surface area (Å²) < 4.78 is 5.00. The highest BCUT2D eigenvalue weighted by atomic mass is 32.2. The standard InChI is InChI=1S/C23H20N4O3S/c1-30-21-11-8-16(12-20(21)28)13-24-27-22(29)17-9-6-15(7-10-17)14-31-23-25-18-4-2-3-5-19(18)26-23/h2-13,28H,14H2,1H3,(H,25,26)(H,27,29). The number of hydrazone groups is 1. The molecule has 0 saturated carbocycles. The number of ether oxygens (including phenoxy) is 1. The quantitative estimate of drug-likeness (QED) is 0.229. The third kappa shape index (κ3) is 5.04. The van der Waals surface area contributed by atoms with Crippen molar-refractivity contribution in [1.82, 2.24) is 15.4 Å². The van der Waals surface area contributed by atoms with Gasteiger partial charge in [-0.25, -0.2) is 10.4 Å². The predicted molar refractivity (Wildman–Crippen MR) is 122 cm³/mol. The van der Waals surface area contributed by atoms with Crippen LogP contribution in [0, 0.1) is 0 Å². The zero-order valence-electron chi connectivity index (χ0n) is 16.7. The van der Waals surface area contributed by atoms with Crippen LogP contribution in [0.3, 0.4) is 0 Å². The number of hydrogen-bond donors (Lipinski definition) is 3. The fourth-order valence-electron chi connectivity index (χ4n) is 2.92. The van der Waals surface area contributed by atoms with Gasteiger partial charge in [-0.2, -0.15) is 5.10 Å². The summed E-state index contributed by atoms with van der Waals surface area (Å²) in [4.78, 5) is 20.1. The number of benzene rings is 3. The maximum Gasteiger partial charge on any atom is 0.271 e.